The lowest BCUT2D eigenvalue weighted by molar-refractivity contribution is -0.146. The summed E-state index contributed by atoms with van der Waals surface area (Å²) in [5.41, 5.74) is 1.21. The van der Waals surface area contributed by atoms with E-state index >= 15 is 0 Å². The maximum atomic E-state index is 12.0. The lowest BCUT2D eigenvalue weighted by Crippen LogP contribution is -2.07. The largest absolute Gasteiger partial charge is 0.460 e. The molecule has 0 spiro atoms. The molecule has 1 aromatic carbocycles. The highest BCUT2D eigenvalue weighted by molar-refractivity contribution is 9.10. The van der Waals surface area contributed by atoms with Gasteiger partial charge in [0.25, 0.3) is 0 Å². The van der Waals surface area contributed by atoms with Gasteiger partial charge in [0, 0.05) is 10.7 Å². The molecule has 0 unspecified atom stereocenters. The summed E-state index contributed by atoms with van der Waals surface area (Å²) in [5, 5.41) is 0.996. The number of hydrogen-bond donors (Lipinski definition) is 0. The molecule has 0 amide bonds. The van der Waals surface area contributed by atoms with Crippen LogP contribution in [0.1, 0.15) is 27.8 Å². The zero-order valence-electron chi connectivity index (χ0n) is 11.0. The van der Waals surface area contributed by atoms with E-state index < -0.39 is 0 Å². The number of nitrogens with zero attached hydrogens (tertiary/aromatic N) is 1. The molecule has 1 saturated carbocycles. The summed E-state index contributed by atoms with van der Waals surface area (Å²) < 4.78 is 6.42. The number of aryl methyl sites for hydroxylation is 1. The maximum absolute atomic E-state index is 12.0. The SMILES string of the molecule is Cc1ncc(COC(=O)[C@@H]2C[C@H]2c2ccc(Br)cc2)s1. The monoisotopic (exact) mass is 351 g/mol. The van der Waals surface area contributed by atoms with E-state index in [0.29, 0.717) is 12.5 Å². The molecule has 1 fully saturated rings. The highest BCUT2D eigenvalue weighted by Crippen LogP contribution is 2.48. The lowest BCUT2D eigenvalue weighted by Gasteiger charge is -2.03. The summed E-state index contributed by atoms with van der Waals surface area (Å²) in [6.45, 7) is 2.29. The topological polar surface area (TPSA) is 39.2 Å². The van der Waals surface area contributed by atoms with E-state index in [9.17, 15) is 4.79 Å². The van der Waals surface area contributed by atoms with E-state index in [1.54, 1.807) is 17.5 Å². The van der Waals surface area contributed by atoms with Crippen LogP contribution in [0.4, 0.5) is 0 Å². The van der Waals surface area contributed by atoms with Crippen LogP contribution in [0, 0.1) is 12.8 Å². The van der Waals surface area contributed by atoms with Gasteiger partial charge in [-0.2, -0.15) is 0 Å². The van der Waals surface area contributed by atoms with Gasteiger partial charge < -0.3 is 4.74 Å². The van der Waals surface area contributed by atoms with Gasteiger partial charge in [-0.15, -0.1) is 11.3 Å². The number of carbonyl (C=O) groups excluding carboxylic acids is 1. The molecule has 0 N–H and O–H groups in total. The fourth-order valence-electron chi connectivity index (χ4n) is 2.26. The number of benzene rings is 1. The van der Waals surface area contributed by atoms with Crippen molar-refractivity contribution in [3.63, 3.8) is 0 Å². The number of esters is 1. The molecule has 0 bridgehead atoms. The van der Waals surface area contributed by atoms with Crippen LogP contribution in [0.15, 0.2) is 34.9 Å². The van der Waals surface area contributed by atoms with Crippen molar-refractivity contribution in [3.05, 3.63) is 50.4 Å². The standard InChI is InChI=1S/C15H14BrNO2S/c1-9-17-7-12(20-9)8-19-15(18)14-6-13(14)10-2-4-11(16)5-3-10/h2-5,7,13-14H,6,8H2,1H3/t13-,14+/m0/s1. The molecule has 0 saturated heterocycles. The van der Waals surface area contributed by atoms with Gasteiger partial charge >= 0.3 is 5.97 Å². The molecular formula is C15H14BrNO2S. The molecule has 3 nitrogen and oxygen atoms in total. The summed E-state index contributed by atoms with van der Waals surface area (Å²) in [5.74, 6) is 0.243. The van der Waals surface area contributed by atoms with Crippen LogP contribution in [-0.4, -0.2) is 11.0 Å². The third-order valence-corrected chi connectivity index (χ3v) is 4.83. The van der Waals surface area contributed by atoms with Crippen molar-refractivity contribution in [1.82, 2.24) is 4.98 Å². The Morgan fingerprint density at radius 2 is 2.20 bits per heavy atom. The van der Waals surface area contributed by atoms with Crippen molar-refractivity contribution >= 4 is 33.2 Å². The predicted octanol–water partition coefficient (Wildman–Crippen LogP) is 4.06. The van der Waals surface area contributed by atoms with Gasteiger partial charge in [-0.3, -0.25) is 4.79 Å². The molecule has 0 aliphatic heterocycles. The van der Waals surface area contributed by atoms with Crippen LogP contribution in [0.2, 0.25) is 0 Å². The molecule has 2 aromatic rings. The first-order valence-corrected chi connectivity index (χ1v) is 8.08. The Labute approximate surface area is 130 Å². The predicted molar refractivity (Wildman–Crippen MR) is 81.6 cm³/mol. The Bertz CT molecular complexity index is 623. The Kier molecular flexibility index (Phi) is 3.89. The molecule has 1 aliphatic rings. The second kappa shape index (κ2) is 5.66. The van der Waals surface area contributed by atoms with Gasteiger partial charge in [-0.25, -0.2) is 4.98 Å². The summed E-state index contributed by atoms with van der Waals surface area (Å²) in [6, 6.07) is 8.15. The Balaban J connectivity index is 1.53. The van der Waals surface area contributed by atoms with Gasteiger partial charge in [0.1, 0.15) is 6.61 Å². The van der Waals surface area contributed by atoms with Crippen LogP contribution < -0.4 is 0 Å². The summed E-state index contributed by atoms with van der Waals surface area (Å²) in [4.78, 5) is 17.1. The third kappa shape index (κ3) is 3.10. The van der Waals surface area contributed by atoms with E-state index in [2.05, 4.69) is 33.0 Å². The maximum Gasteiger partial charge on any atom is 0.309 e. The second-order valence-electron chi connectivity index (χ2n) is 4.95. The zero-order chi connectivity index (χ0) is 14.1. The molecule has 20 heavy (non-hydrogen) atoms. The first-order chi connectivity index (χ1) is 9.63. The highest BCUT2D eigenvalue weighted by Gasteiger charge is 2.45. The molecule has 2 atom stereocenters. The molecule has 1 aliphatic carbocycles. The van der Waals surface area contributed by atoms with E-state index in [1.165, 1.54) is 5.56 Å². The van der Waals surface area contributed by atoms with Crippen molar-refractivity contribution in [2.75, 3.05) is 0 Å². The summed E-state index contributed by atoms with van der Waals surface area (Å²) >= 11 is 4.98. The first-order valence-electron chi connectivity index (χ1n) is 6.47. The lowest BCUT2D eigenvalue weighted by atomic mass is 10.1. The fraction of sp³-hybridized carbons (Fsp3) is 0.333. The number of halogens is 1. The Morgan fingerprint density at radius 3 is 2.85 bits per heavy atom. The van der Waals surface area contributed by atoms with Crippen LogP contribution in [0.3, 0.4) is 0 Å². The minimum absolute atomic E-state index is 0.0187. The number of thiazole rings is 1. The average Bonchev–Trinajstić information content (AvgIpc) is 3.13. The van der Waals surface area contributed by atoms with E-state index in [-0.39, 0.29) is 11.9 Å². The molecular weight excluding hydrogens is 338 g/mol. The Hall–Kier alpha value is -1.20. The second-order valence-corrected chi connectivity index (χ2v) is 7.19. The molecule has 104 valence electrons. The Morgan fingerprint density at radius 1 is 1.45 bits per heavy atom. The number of ether oxygens (including phenoxy) is 1. The minimum atomic E-state index is -0.0935. The van der Waals surface area contributed by atoms with Gasteiger partial charge in [-0.05, 0) is 37.0 Å². The molecule has 1 aromatic heterocycles. The van der Waals surface area contributed by atoms with Gasteiger partial charge in [0.05, 0.1) is 15.8 Å². The van der Waals surface area contributed by atoms with E-state index in [1.807, 2.05) is 19.1 Å². The van der Waals surface area contributed by atoms with Crippen molar-refractivity contribution in [2.24, 2.45) is 5.92 Å². The van der Waals surface area contributed by atoms with E-state index in [0.717, 1.165) is 20.8 Å². The van der Waals surface area contributed by atoms with Gasteiger partial charge in [0.2, 0.25) is 0 Å². The zero-order valence-corrected chi connectivity index (χ0v) is 13.4. The number of rotatable bonds is 4. The van der Waals surface area contributed by atoms with Gasteiger partial charge in [-0.1, -0.05) is 28.1 Å². The molecule has 0 radical (unpaired) electrons. The summed E-state index contributed by atoms with van der Waals surface area (Å²) in [7, 11) is 0. The number of hydrogen-bond acceptors (Lipinski definition) is 4. The molecule has 3 rings (SSSR count). The van der Waals surface area contributed by atoms with Crippen molar-refractivity contribution in [3.8, 4) is 0 Å². The normalized spacial score (nSPS) is 20.7. The van der Waals surface area contributed by atoms with Crippen LogP contribution in [-0.2, 0) is 16.1 Å². The van der Waals surface area contributed by atoms with Crippen molar-refractivity contribution in [2.45, 2.75) is 25.9 Å². The van der Waals surface area contributed by atoms with Crippen molar-refractivity contribution < 1.29 is 9.53 Å². The fourth-order valence-corrected chi connectivity index (χ4v) is 3.23. The van der Waals surface area contributed by atoms with Crippen molar-refractivity contribution in [1.29, 1.82) is 0 Å². The van der Waals surface area contributed by atoms with Crippen LogP contribution >= 0.6 is 27.3 Å². The smallest absolute Gasteiger partial charge is 0.309 e. The van der Waals surface area contributed by atoms with Gasteiger partial charge in [0.15, 0.2) is 0 Å². The van der Waals surface area contributed by atoms with E-state index in [4.69, 9.17) is 4.74 Å². The molecule has 1 heterocycles. The number of aromatic nitrogens is 1. The minimum Gasteiger partial charge on any atom is -0.460 e. The highest BCUT2D eigenvalue weighted by atomic mass is 79.9. The average molecular weight is 352 g/mol. The van der Waals surface area contributed by atoms with Crippen LogP contribution in [0.5, 0.6) is 0 Å². The quantitative estimate of drug-likeness (QED) is 0.779. The first kappa shape index (κ1) is 13.8. The number of carbonyl (C=O) groups is 1. The van der Waals surface area contributed by atoms with Crippen LogP contribution in [0.25, 0.3) is 0 Å². The molecule has 5 heteroatoms. The summed E-state index contributed by atoms with van der Waals surface area (Å²) in [6.07, 6.45) is 2.66. The third-order valence-electron chi connectivity index (χ3n) is 3.42.